The molecular weight excluding hydrogens is 312 g/mol. The van der Waals surface area contributed by atoms with Gasteiger partial charge in [0.05, 0.1) is 16.8 Å². The molecule has 0 saturated carbocycles. The van der Waals surface area contributed by atoms with Gasteiger partial charge >= 0.3 is 5.76 Å². The van der Waals surface area contributed by atoms with Crippen molar-refractivity contribution in [1.82, 2.24) is 4.98 Å². The standard InChI is InChI=1S/C14H15F2N3O2S/c1-19(2)13-8-5-11(9-17-13)18-10-3-6-12(7-4-10)22(20,21)14(15)16/h3-9,14,18H,1-2H3. The molecule has 0 bridgehead atoms. The minimum atomic E-state index is -4.56. The monoisotopic (exact) mass is 327 g/mol. The second kappa shape index (κ2) is 6.27. The third-order valence-corrected chi connectivity index (χ3v) is 4.31. The van der Waals surface area contributed by atoms with Crippen molar-refractivity contribution >= 4 is 27.0 Å². The number of hydrogen-bond acceptors (Lipinski definition) is 5. The minimum absolute atomic E-state index is 0.408. The quantitative estimate of drug-likeness (QED) is 0.915. The normalized spacial score (nSPS) is 11.5. The van der Waals surface area contributed by atoms with Crippen molar-refractivity contribution in [3.8, 4) is 0 Å². The molecule has 22 heavy (non-hydrogen) atoms. The Hall–Kier alpha value is -2.22. The second-order valence-electron chi connectivity index (χ2n) is 4.75. The lowest BCUT2D eigenvalue weighted by atomic mass is 10.3. The molecule has 0 saturated heterocycles. The Balaban J connectivity index is 2.15. The Morgan fingerprint density at radius 3 is 2.09 bits per heavy atom. The highest BCUT2D eigenvalue weighted by atomic mass is 32.2. The summed E-state index contributed by atoms with van der Waals surface area (Å²) in [5, 5.41) is 3.01. The molecule has 0 unspecified atom stereocenters. The Kier molecular flexibility index (Phi) is 4.60. The molecule has 8 heteroatoms. The molecule has 1 aromatic carbocycles. The second-order valence-corrected chi connectivity index (χ2v) is 6.67. The number of hydrogen-bond donors (Lipinski definition) is 1. The van der Waals surface area contributed by atoms with E-state index in [1.165, 1.54) is 12.1 Å². The zero-order chi connectivity index (χ0) is 16.3. The van der Waals surface area contributed by atoms with Crippen LogP contribution in [0.2, 0.25) is 0 Å². The highest BCUT2D eigenvalue weighted by molar-refractivity contribution is 7.91. The van der Waals surface area contributed by atoms with Crippen LogP contribution in [0, 0.1) is 0 Å². The molecule has 0 aliphatic carbocycles. The summed E-state index contributed by atoms with van der Waals surface area (Å²) >= 11 is 0. The molecule has 0 spiro atoms. The average molecular weight is 327 g/mol. The Bertz CT molecular complexity index is 730. The van der Waals surface area contributed by atoms with Gasteiger partial charge in [0.15, 0.2) is 0 Å². The summed E-state index contributed by atoms with van der Waals surface area (Å²) < 4.78 is 47.5. The third kappa shape index (κ3) is 3.51. The van der Waals surface area contributed by atoms with E-state index in [2.05, 4.69) is 10.3 Å². The predicted octanol–water partition coefficient (Wildman–Crippen LogP) is 2.89. The highest BCUT2D eigenvalue weighted by Gasteiger charge is 2.26. The van der Waals surface area contributed by atoms with Crippen LogP contribution in [0.15, 0.2) is 47.5 Å². The zero-order valence-corrected chi connectivity index (χ0v) is 12.8. The number of rotatable bonds is 5. The van der Waals surface area contributed by atoms with Crippen molar-refractivity contribution in [2.45, 2.75) is 10.7 Å². The van der Waals surface area contributed by atoms with Gasteiger partial charge in [0.25, 0.3) is 0 Å². The van der Waals surface area contributed by atoms with Crippen LogP contribution < -0.4 is 10.2 Å². The Morgan fingerprint density at radius 2 is 1.64 bits per heavy atom. The van der Waals surface area contributed by atoms with E-state index in [-0.39, 0.29) is 0 Å². The van der Waals surface area contributed by atoms with Gasteiger partial charge in [0.2, 0.25) is 9.84 Å². The zero-order valence-electron chi connectivity index (χ0n) is 12.0. The number of anilines is 3. The minimum Gasteiger partial charge on any atom is -0.363 e. The van der Waals surface area contributed by atoms with Crippen molar-refractivity contribution < 1.29 is 17.2 Å². The summed E-state index contributed by atoms with van der Waals surface area (Å²) in [5.41, 5.74) is 1.28. The fourth-order valence-electron chi connectivity index (χ4n) is 1.72. The van der Waals surface area contributed by atoms with Gasteiger partial charge in [-0.25, -0.2) is 13.4 Å². The third-order valence-electron chi connectivity index (χ3n) is 2.91. The Morgan fingerprint density at radius 1 is 1.05 bits per heavy atom. The Labute approximate surface area is 127 Å². The number of aromatic nitrogens is 1. The van der Waals surface area contributed by atoms with Gasteiger partial charge in [-0.2, -0.15) is 8.78 Å². The van der Waals surface area contributed by atoms with E-state index in [1.54, 1.807) is 6.20 Å². The van der Waals surface area contributed by atoms with Crippen molar-refractivity contribution in [3.63, 3.8) is 0 Å². The fraction of sp³-hybridized carbons (Fsp3) is 0.214. The van der Waals surface area contributed by atoms with Crippen LogP contribution in [-0.2, 0) is 9.84 Å². The molecule has 2 rings (SSSR count). The lowest BCUT2D eigenvalue weighted by Gasteiger charge is -2.12. The van der Waals surface area contributed by atoms with E-state index in [1.807, 2.05) is 31.1 Å². The molecule has 5 nitrogen and oxygen atoms in total. The SMILES string of the molecule is CN(C)c1ccc(Nc2ccc(S(=O)(=O)C(F)F)cc2)cn1. The summed E-state index contributed by atoms with van der Waals surface area (Å²) in [6, 6.07) is 8.77. The van der Waals surface area contributed by atoms with Gasteiger partial charge in [0, 0.05) is 19.8 Å². The van der Waals surface area contributed by atoms with Gasteiger partial charge in [-0.15, -0.1) is 0 Å². The number of sulfone groups is 1. The van der Waals surface area contributed by atoms with Crippen LogP contribution >= 0.6 is 0 Å². The molecule has 1 N–H and O–H groups in total. The first kappa shape index (κ1) is 16.2. The summed E-state index contributed by atoms with van der Waals surface area (Å²) in [6.45, 7) is 0. The summed E-state index contributed by atoms with van der Waals surface area (Å²) in [7, 11) is -0.815. The molecule has 0 aliphatic rings. The highest BCUT2D eigenvalue weighted by Crippen LogP contribution is 2.22. The van der Waals surface area contributed by atoms with Gasteiger partial charge in [-0.05, 0) is 36.4 Å². The number of nitrogens with one attached hydrogen (secondary N) is 1. The van der Waals surface area contributed by atoms with E-state index >= 15 is 0 Å². The summed E-state index contributed by atoms with van der Waals surface area (Å²) in [6.07, 6.45) is 1.62. The lowest BCUT2D eigenvalue weighted by molar-refractivity contribution is 0.234. The van der Waals surface area contributed by atoms with Crippen molar-refractivity contribution in [2.75, 3.05) is 24.3 Å². The maximum absolute atomic E-state index is 12.4. The van der Waals surface area contributed by atoms with Crippen LogP contribution in [0.3, 0.4) is 0 Å². The number of halogens is 2. The van der Waals surface area contributed by atoms with Crippen molar-refractivity contribution in [3.05, 3.63) is 42.6 Å². The van der Waals surface area contributed by atoms with Gasteiger partial charge < -0.3 is 10.2 Å². The maximum atomic E-state index is 12.4. The first-order valence-corrected chi connectivity index (χ1v) is 7.88. The lowest BCUT2D eigenvalue weighted by Crippen LogP contribution is -2.11. The van der Waals surface area contributed by atoms with Crippen molar-refractivity contribution in [2.24, 2.45) is 0 Å². The number of pyridine rings is 1. The van der Waals surface area contributed by atoms with Gasteiger partial charge in [-0.1, -0.05) is 0 Å². The average Bonchev–Trinajstić information content (AvgIpc) is 2.48. The topological polar surface area (TPSA) is 62.3 Å². The van der Waals surface area contributed by atoms with Crippen LogP contribution in [-0.4, -0.2) is 33.3 Å². The number of benzene rings is 1. The molecule has 1 aromatic heterocycles. The largest absolute Gasteiger partial charge is 0.363 e. The van der Waals surface area contributed by atoms with E-state index in [0.717, 1.165) is 18.0 Å². The molecule has 0 radical (unpaired) electrons. The van der Waals surface area contributed by atoms with Crippen LogP contribution in [0.1, 0.15) is 0 Å². The summed E-state index contributed by atoms with van der Waals surface area (Å²) in [5.74, 6) is -2.63. The van der Waals surface area contributed by atoms with Crippen LogP contribution in [0.5, 0.6) is 0 Å². The molecule has 0 fully saturated rings. The van der Waals surface area contributed by atoms with E-state index in [4.69, 9.17) is 0 Å². The molecule has 0 atom stereocenters. The predicted molar refractivity (Wildman–Crippen MR) is 81.5 cm³/mol. The molecule has 0 amide bonds. The molecule has 2 aromatic rings. The van der Waals surface area contributed by atoms with E-state index in [9.17, 15) is 17.2 Å². The summed E-state index contributed by atoms with van der Waals surface area (Å²) in [4.78, 5) is 5.67. The molecule has 118 valence electrons. The van der Waals surface area contributed by atoms with E-state index < -0.39 is 20.5 Å². The number of nitrogens with zero attached hydrogens (tertiary/aromatic N) is 2. The van der Waals surface area contributed by atoms with Crippen LogP contribution in [0.4, 0.5) is 26.0 Å². The molecular formula is C14H15F2N3O2S. The van der Waals surface area contributed by atoms with E-state index in [0.29, 0.717) is 11.4 Å². The number of alkyl halides is 2. The first-order chi connectivity index (χ1) is 10.3. The molecule has 1 heterocycles. The van der Waals surface area contributed by atoms with Crippen LogP contribution in [0.25, 0.3) is 0 Å². The fourth-order valence-corrected chi connectivity index (χ4v) is 2.44. The maximum Gasteiger partial charge on any atom is 0.341 e. The van der Waals surface area contributed by atoms with Gasteiger partial charge in [0.1, 0.15) is 5.82 Å². The smallest absolute Gasteiger partial charge is 0.341 e. The van der Waals surface area contributed by atoms with Crippen molar-refractivity contribution in [1.29, 1.82) is 0 Å². The first-order valence-electron chi connectivity index (χ1n) is 6.33. The van der Waals surface area contributed by atoms with Gasteiger partial charge in [-0.3, -0.25) is 0 Å². The molecule has 0 aliphatic heterocycles.